The van der Waals surface area contributed by atoms with E-state index in [1.165, 1.54) is 0 Å². The van der Waals surface area contributed by atoms with Crippen LogP contribution in [0, 0.1) is 6.26 Å². The van der Waals surface area contributed by atoms with E-state index < -0.39 is 0 Å². The average molecular weight is 230 g/mol. The highest BCUT2D eigenvalue weighted by Crippen LogP contribution is 2.28. The highest BCUT2D eigenvalue weighted by Gasteiger charge is 2.02. The maximum atomic E-state index is 5.80. The summed E-state index contributed by atoms with van der Waals surface area (Å²) in [6, 6.07) is 5.38. The lowest BCUT2D eigenvalue weighted by Gasteiger charge is -1.92. The molecule has 0 saturated heterocycles. The molecule has 2 rings (SSSR count). The standard InChI is InChI=1S/C8H3BrClO/c9-7-4-6(10)3-5-1-2-11-8(5)7/h1,3-4H. The van der Waals surface area contributed by atoms with Crippen LogP contribution in [0.4, 0.5) is 0 Å². The van der Waals surface area contributed by atoms with Crippen molar-refractivity contribution in [3.63, 3.8) is 0 Å². The summed E-state index contributed by atoms with van der Waals surface area (Å²) in [5, 5.41) is 1.66. The van der Waals surface area contributed by atoms with Gasteiger partial charge in [-0.15, -0.1) is 0 Å². The lowest BCUT2D eigenvalue weighted by Crippen LogP contribution is -1.67. The molecule has 0 unspecified atom stereocenters. The second-order valence-corrected chi connectivity index (χ2v) is 3.46. The van der Waals surface area contributed by atoms with Crippen molar-refractivity contribution >= 4 is 38.5 Å². The van der Waals surface area contributed by atoms with Gasteiger partial charge in [0.1, 0.15) is 5.58 Å². The molecule has 0 aliphatic rings. The summed E-state index contributed by atoms with van der Waals surface area (Å²) < 4.78 is 5.94. The Hall–Kier alpha value is -0.470. The van der Waals surface area contributed by atoms with Gasteiger partial charge >= 0.3 is 0 Å². The van der Waals surface area contributed by atoms with E-state index in [1.54, 1.807) is 12.1 Å². The highest BCUT2D eigenvalue weighted by atomic mass is 79.9. The van der Waals surface area contributed by atoms with Crippen LogP contribution >= 0.6 is 27.5 Å². The van der Waals surface area contributed by atoms with E-state index in [2.05, 4.69) is 22.2 Å². The van der Waals surface area contributed by atoms with Crippen molar-refractivity contribution in [1.82, 2.24) is 0 Å². The Labute approximate surface area is 77.1 Å². The fourth-order valence-corrected chi connectivity index (χ4v) is 1.86. The van der Waals surface area contributed by atoms with Crippen LogP contribution in [0.1, 0.15) is 0 Å². The zero-order valence-electron chi connectivity index (χ0n) is 5.40. The van der Waals surface area contributed by atoms with Gasteiger partial charge in [0.2, 0.25) is 0 Å². The van der Waals surface area contributed by atoms with Crippen molar-refractivity contribution in [2.24, 2.45) is 0 Å². The van der Waals surface area contributed by atoms with Crippen molar-refractivity contribution < 1.29 is 4.42 Å². The van der Waals surface area contributed by atoms with Crippen LogP contribution in [0.15, 0.2) is 27.1 Å². The van der Waals surface area contributed by atoms with Crippen LogP contribution in [-0.2, 0) is 0 Å². The number of benzene rings is 1. The first kappa shape index (κ1) is 7.19. The minimum Gasteiger partial charge on any atom is -0.452 e. The monoisotopic (exact) mass is 229 g/mol. The summed E-state index contributed by atoms with van der Waals surface area (Å²) in [6.07, 6.45) is 2.64. The molecule has 0 amide bonds. The number of halogens is 2. The molecule has 1 aromatic carbocycles. The Morgan fingerprint density at radius 1 is 1.45 bits per heavy atom. The zero-order chi connectivity index (χ0) is 7.84. The van der Waals surface area contributed by atoms with Crippen LogP contribution in [0.5, 0.6) is 0 Å². The molecule has 3 heteroatoms. The number of furan rings is 1. The molecule has 1 heterocycles. The van der Waals surface area contributed by atoms with Gasteiger partial charge in [0.25, 0.3) is 0 Å². The predicted molar refractivity (Wildman–Crippen MR) is 47.8 cm³/mol. The first-order chi connectivity index (χ1) is 5.27. The number of hydrogen-bond acceptors (Lipinski definition) is 1. The Balaban J connectivity index is 2.91. The lowest BCUT2D eigenvalue weighted by atomic mass is 10.3. The normalized spacial score (nSPS) is 10.7. The Morgan fingerprint density at radius 3 is 3.09 bits per heavy atom. The quantitative estimate of drug-likeness (QED) is 0.673. The second-order valence-electron chi connectivity index (χ2n) is 2.17. The van der Waals surface area contributed by atoms with Crippen LogP contribution in [-0.4, -0.2) is 0 Å². The summed E-state index contributed by atoms with van der Waals surface area (Å²) in [5.74, 6) is 0. The number of fused-ring (bicyclic) bond motifs is 1. The third kappa shape index (κ3) is 1.17. The fourth-order valence-electron chi connectivity index (χ4n) is 0.947. The summed E-state index contributed by atoms with van der Waals surface area (Å²) >= 11 is 9.12. The molecule has 0 atom stereocenters. The Kier molecular flexibility index (Phi) is 1.66. The van der Waals surface area contributed by atoms with E-state index >= 15 is 0 Å². The van der Waals surface area contributed by atoms with Gasteiger partial charge in [0.05, 0.1) is 4.47 Å². The van der Waals surface area contributed by atoms with Crippen molar-refractivity contribution in [2.75, 3.05) is 0 Å². The van der Waals surface area contributed by atoms with Gasteiger partial charge in [-0.3, -0.25) is 0 Å². The molecule has 0 saturated carbocycles. The summed E-state index contributed by atoms with van der Waals surface area (Å²) in [7, 11) is 0. The summed E-state index contributed by atoms with van der Waals surface area (Å²) in [5.41, 5.74) is 0.786. The second kappa shape index (κ2) is 2.54. The van der Waals surface area contributed by atoms with Crippen molar-refractivity contribution in [2.45, 2.75) is 0 Å². The predicted octanol–water partition coefficient (Wildman–Crippen LogP) is 3.65. The average Bonchev–Trinajstić information content (AvgIpc) is 2.34. The zero-order valence-corrected chi connectivity index (χ0v) is 7.74. The van der Waals surface area contributed by atoms with Crippen molar-refractivity contribution in [3.8, 4) is 0 Å². The van der Waals surface area contributed by atoms with E-state index in [1.807, 2.05) is 6.07 Å². The molecule has 2 aromatic rings. The van der Waals surface area contributed by atoms with Gasteiger partial charge in [0.15, 0.2) is 6.26 Å². The van der Waals surface area contributed by atoms with Gasteiger partial charge in [-0.05, 0) is 34.1 Å². The molecule has 55 valence electrons. The van der Waals surface area contributed by atoms with E-state index in [0.29, 0.717) is 5.02 Å². The molecule has 1 nitrogen and oxygen atoms in total. The van der Waals surface area contributed by atoms with Gasteiger partial charge < -0.3 is 4.42 Å². The molecule has 1 aromatic heterocycles. The maximum absolute atomic E-state index is 5.80. The van der Waals surface area contributed by atoms with E-state index in [-0.39, 0.29) is 0 Å². The lowest BCUT2D eigenvalue weighted by molar-refractivity contribution is 0.604. The molecule has 1 radical (unpaired) electrons. The summed E-state index contributed by atoms with van der Waals surface area (Å²) in [4.78, 5) is 0. The van der Waals surface area contributed by atoms with Crippen molar-refractivity contribution in [1.29, 1.82) is 0 Å². The van der Waals surface area contributed by atoms with Crippen molar-refractivity contribution in [3.05, 3.63) is 34.0 Å². The molecule has 0 spiro atoms. The third-order valence-corrected chi connectivity index (χ3v) is 2.22. The maximum Gasteiger partial charge on any atom is 0.170 e. The first-order valence-corrected chi connectivity index (χ1v) is 4.19. The minimum atomic E-state index is 0.694. The van der Waals surface area contributed by atoms with Gasteiger partial charge in [-0.2, -0.15) is 0 Å². The van der Waals surface area contributed by atoms with E-state index in [4.69, 9.17) is 16.0 Å². The molecule has 0 aliphatic carbocycles. The third-order valence-electron chi connectivity index (χ3n) is 1.41. The first-order valence-electron chi connectivity index (χ1n) is 3.02. The Morgan fingerprint density at radius 2 is 2.27 bits per heavy atom. The molecule has 0 aliphatic heterocycles. The largest absolute Gasteiger partial charge is 0.452 e. The van der Waals surface area contributed by atoms with Crippen LogP contribution in [0.25, 0.3) is 11.0 Å². The minimum absolute atomic E-state index is 0.694. The SMILES string of the molecule is Clc1cc(Br)c2o[c]cc2c1. The van der Waals surface area contributed by atoms with E-state index in [0.717, 1.165) is 15.4 Å². The molecular weight excluding hydrogens is 227 g/mol. The number of rotatable bonds is 0. The molecular formula is C8H3BrClO. The van der Waals surface area contributed by atoms with Crippen LogP contribution in [0.3, 0.4) is 0 Å². The highest BCUT2D eigenvalue weighted by molar-refractivity contribution is 9.10. The van der Waals surface area contributed by atoms with Crippen LogP contribution < -0.4 is 0 Å². The summed E-state index contributed by atoms with van der Waals surface area (Å²) in [6.45, 7) is 0. The molecule has 11 heavy (non-hydrogen) atoms. The van der Waals surface area contributed by atoms with Gasteiger partial charge in [-0.25, -0.2) is 0 Å². The van der Waals surface area contributed by atoms with Crippen LogP contribution in [0.2, 0.25) is 5.02 Å². The number of hydrogen-bond donors (Lipinski definition) is 0. The molecule has 0 bridgehead atoms. The topological polar surface area (TPSA) is 13.1 Å². The van der Waals surface area contributed by atoms with Gasteiger partial charge in [-0.1, -0.05) is 11.6 Å². The van der Waals surface area contributed by atoms with E-state index in [9.17, 15) is 0 Å². The smallest absolute Gasteiger partial charge is 0.170 e. The fraction of sp³-hybridized carbons (Fsp3) is 0. The van der Waals surface area contributed by atoms with Gasteiger partial charge in [0, 0.05) is 10.4 Å². The molecule has 0 fully saturated rings. The Bertz CT molecular complexity index is 394. The molecule has 0 N–H and O–H groups in total.